The Morgan fingerprint density at radius 3 is 3.11 bits per heavy atom. The van der Waals surface area contributed by atoms with Crippen molar-refractivity contribution in [3.05, 3.63) is 28.0 Å². The van der Waals surface area contributed by atoms with Crippen LogP contribution in [0.3, 0.4) is 0 Å². The summed E-state index contributed by atoms with van der Waals surface area (Å²) in [7, 11) is 0. The molecule has 1 aromatic carbocycles. The molecule has 1 aliphatic rings. The summed E-state index contributed by atoms with van der Waals surface area (Å²) in [6, 6.07) is 3.48. The van der Waals surface area contributed by atoms with Crippen LogP contribution < -0.4 is 0 Å². The van der Waals surface area contributed by atoms with Gasteiger partial charge in [-0.3, -0.25) is 4.79 Å². The van der Waals surface area contributed by atoms with Gasteiger partial charge in [0.05, 0.1) is 6.61 Å². The van der Waals surface area contributed by atoms with Gasteiger partial charge >= 0.3 is 5.97 Å². The predicted octanol–water partition coefficient (Wildman–Crippen LogP) is 4.34. The third-order valence-corrected chi connectivity index (χ3v) is 5.04. The molecule has 0 amide bonds. The van der Waals surface area contributed by atoms with Crippen LogP contribution in [-0.2, 0) is 16.0 Å². The minimum absolute atomic E-state index is 0.162. The largest absolute Gasteiger partial charge is 0.466 e. The second-order valence-corrected chi connectivity index (χ2v) is 6.72. The predicted molar refractivity (Wildman–Crippen MR) is 77.9 cm³/mol. The van der Waals surface area contributed by atoms with E-state index in [9.17, 15) is 9.18 Å². The highest BCUT2D eigenvalue weighted by molar-refractivity contribution is 9.10. The summed E-state index contributed by atoms with van der Waals surface area (Å²) in [6.45, 7) is 2.22. The highest BCUT2D eigenvalue weighted by Gasteiger charge is 2.23. The first-order valence-corrected chi connectivity index (χ1v) is 8.07. The average Bonchev–Trinajstić information content (AvgIpc) is 2.37. The van der Waals surface area contributed by atoms with Crippen molar-refractivity contribution >= 4 is 33.7 Å². The minimum atomic E-state index is -0.171. The van der Waals surface area contributed by atoms with Crippen molar-refractivity contribution < 1.29 is 13.9 Å². The molecule has 0 saturated heterocycles. The summed E-state index contributed by atoms with van der Waals surface area (Å²) in [5.41, 5.74) is 1.06. The molecule has 2 nitrogen and oxygen atoms in total. The lowest BCUT2D eigenvalue weighted by Crippen LogP contribution is -2.14. The maximum Gasteiger partial charge on any atom is 0.305 e. The standard InChI is InChI=1S/C14H16BrFO2S/c1-2-18-13(17)6-5-11-4-3-9-7-10(15)8-12(16)14(9)19-11/h7-8,11H,2-6H2,1H3. The van der Waals surface area contributed by atoms with E-state index >= 15 is 0 Å². The van der Waals surface area contributed by atoms with Crippen molar-refractivity contribution in [3.63, 3.8) is 0 Å². The molecule has 19 heavy (non-hydrogen) atoms. The van der Waals surface area contributed by atoms with E-state index in [0.717, 1.165) is 34.2 Å². The zero-order valence-corrected chi connectivity index (χ0v) is 13.2. The molecule has 0 fully saturated rings. The molecule has 0 radical (unpaired) electrons. The highest BCUT2D eigenvalue weighted by Crippen LogP contribution is 2.40. The van der Waals surface area contributed by atoms with Crippen molar-refractivity contribution in [2.45, 2.75) is 42.8 Å². The second-order valence-electron chi connectivity index (χ2n) is 4.50. The molecule has 5 heteroatoms. The van der Waals surface area contributed by atoms with Crippen molar-refractivity contribution in [1.29, 1.82) is 0 Å². The molecule has 1 unspecified atom stereocenters. The molecule has 0 saturated carbocycles. The van der Waals surface area contributed by atoms with E-state index < -0.39 is 0 Å². The Morgan fingerprint density at radius 1 is 1.58 bits per heavy atom. The van der Waals surface area contributed by atoms with E-state index in [1.807, 2.05) is 6.07 Å². The number of benzene rings is 1. The van der Waals surface area contributed by atoms with Crippen LogP contribution in [0.1, 0.15) is 31.7 Å². The number of hydrogen-bond acceptors (Lipinski definition) is 3. The highest BCUT2D eigenvalue weighted by atomic mass is 79.9. The van der Waals surface area contributed by atoms with Crippen LogP contribution in [0.15, 0.2) is 21.5 Å². The van der Waals surface area contributed by atoms with Gasteiger partial charge in [0.2, 0.25) is 0 Å². The number of esters is 1. The van der Waals surface area contributed by atoms with Gasteiger partial charge < -0.3 is 4.74 Å². The third-order valence-electron chi connectivity index (χ3n) is 3.08. The van der Waals surface area contributed by atoms with Gasteiger partial charge in [-0.1, -0.05) is 15.9 Å². The summed E-state index contributed by atoms with van der Waals surface area (Å²) in [5.74, 6) is -0.333. The van der Waals surface area contributed by atoms with Crippen LogP contribution in [-0.4, -0.2) is 17.8 Å². The molecule has 1 aliphatic heterocycles. The first-order valence-electron chi connectivity index (χ1n) is 6.40. The van der Waals surface area contributed by atoms with Gasteiger partial charge in [0.15, 0.2) is 0 Å². The molecular formula is C14H16BrFO2S. The van der Waals surface area contributed by atoms with Crippen molar-refractivity contribution in [2.24, 2.45) is 0 Å². The van der Waals surface area contributed by atoms with Gasteiger partial charge in [-0.15, -0.1) is 11.8 Å². The van der Waals surface area contributed by atoms with Gasteiger partial charge in [-0.05, 0) is 43.9 Å². The first-order chi connectivity index (χ1) is 9.10. The van der Waals surface area contributed by atoms with Crippen LogP contribution in [0.25, 0.3) is 0 Å². The lowest BCUT2D eigenvalue weighted by molar-refractivity contribution is -0.143. The van der Waals surface area contributed by atoms with Gasteiger partial charge in [-0.25, -0.2) is 4.39 Å². The van der Waals surface area contributed by atoms with Gasteiger partial charge in [-0.2, -0.15) is 0 Å². The van der Waals surface area contributed by atoms with Gasteiger partial charge in [0.1, 0.15) is 5.82 Å². The van der Waals surface area contributed by atoms with Crippen molar-refractivity contribution in [2.75, 3.05) is 6.61 Å². The van der Waals surface area contributed by atoms with Crippen LogP contribution >= 0.6 is 27.7 Å². The molecule has 0 N–H and O–H groups in total. The number of thioether (sulfide) groups is 1. The summed E-state index contributed by atoms with van der Waals surface area (Å²) < 4.78 is 19.6. The first kappa shape index (κ1) is 14.9. The molecule has 1 atom stereocenters. The Balaban J connectivity index is 1.96. The normalized spacial score (nSPS) is 17.9. The Labute approximate surface area is 125 Å². The molecule has 104 valence electrons. The van der Waals surface area contributed by atoms with Gasteiger partial charge in [0, 0.05) is 21.0 Å². The summed E-state index contributed by atoms with van der Waals surface area (Å²) in [6.07, 6.45) is 3.01. The average molecular weight is 347 g/mol. The number of carbonyl (C=O) groups is 1. The monoisotopic (exact) mass is 346 g/mol. The van der Waals surface area contributed by atoms with E-state index in [2.05, 4.69) is 15.9 Å². The number of halogens is 2. The molecule has 1 aromatic rings. The summed E-state index contributed by atoms with van der Waals surface area (Å²) in [4.78, 5) is 12.1. The maximum atomic E-state index is 13.9. The molecule has 0 bridgehead atoms. The Morgan fingerprint density at radius 2 is 2.37 bits per heavy atom. The number of fused-ring (bicyclic) bond motifs is 1. The fourth-order valence-electron chi connectivity index (χ4n) is 2.19. The third kappa shape index (κ3) is 3.96. The Kier molecular flexibility index (Phi) is 5.28. The lowest BCUT2D eigenvalue weighted by atomic mass is 10.0. The molecule has 2 rings (SSSR count). The SMILES string of the molecule is CCOC(=O)CCC1CCc2cc(Br)cc(F)c2S1. The minimum Gasteiger partial charge on any atom is -0.466 e. The number of rotatable bonds is 4. The van der Waals surface area contributed by atoms with E-state index in [0.29, 0.717) is 18.3 Å². The number of ether oxygens (including phenoxy) is 1. The quantitative estimate of drug-likeness (QED) is 0.758. The van der Waals surface area contributed by atoms with Crippen molar-refractivity contribution in [3.8, 4) is 0 Å². The van der Waals surface area contributed by atoms with E-state index in [1.54, 1.807) is 18.7 Å². The molecule has 0 aromatic heterocycles. The topological polar surface area (TPSA) is 26.3 Å². The van der Waals surface area contributed by atoms with E-state index in [-0.39, 0.29) is 11.8 Å². The zero-order chi connectivity index (χ0) is 13.8. The van der Waals surface area contributed by atoms with E-state index in [1.165, 1.54) is 6.07 Å². The fourth-order valence-corrected chi connectivity index (χ4v) is 3.95. The second kappa shape index (κ2) is 6.75. The lowest BCUT2D eigenvalue weighted by Gasteiger charge is -2.24. The summed E-state index contributed by atoms with van der Waals surface area (Å²) in [5, 5.41) is 0.299. The number of aryl methyl sites for hydroxylation is 1. The smallest absolute Gasteiger partial charge is 0.305 e. The van der Waals surface area contributed by atoms with E-state index in [4.69, 9.17) is 4.74 Å². The Hall–Kier alpha value is -0.550. The molecular weight excluding hydrogens is 331 g/mol. The summed E-state index contributed by atoms with van der Waals surface area (Å²) >= 11 is 4.86. The number of carbonyl (C=O) groups excluding carboxylic acids is 1. The van der Waals surface area contributed by atoms with Crippen molar-refractivity contribution in [1.82, 2.24) is 0 Å². The zero-order valence-electron chi connectivity index (χ0n) is 10.7. The molecule has 1 heterocycles. The van der Waals surface area contributed by atoms with Crippen LogP contribution in [0.5, 0.6) is 0 Å². The Bertz CT molecular complexity index is 479. The van der Waals surface area contributed by atoms with Crippen LogP contribution in [0, 0.1) is 5.82 Å². The maximum absolute atomic E-state index is 13.9. The molecule has 0 spiro atoms. The van der Waals surface area contributed by atoms with Crippen LogP contribution in [0.2, 0.25) is 0 Å². The van der Waals surface area contributed by atoms with Gasteiger partial charge in [0.25, 0.3) is 0 Å². The van der Waals surface area contributed by atoms with Crippen LogP contribution in [0.4, 0.5) is 4.39 Å². The molecule has 0 aliphatic carbocycles. The number of hydrogen-bond donors (Lipinski definition) is 0. The fraction of sp³-hybridized carbons (Fsp3) is 0.500.